The van der Waals surface area contributed by atoms with E-state index in [2.05, 4.69) is 5.32 Å². The van der Waals surface area contributed by atoms with Crippen LogP contribution in [0.15, 0.2) is 16.5 Å². The molecule has 5 nitrogen and oxygen atoms in total. The number of hydrogen-bond acceptors (Lipinski definition) is 3. The number of carbonyl (C=O) groups is 1. The largest absolute Gasteiger partial charge is 0.466 e. The minimum atomic E-state index is -0.244. The number of aliphatic hydroxyl groups is 1. The Hall–Kier alpha value is -1.49. The molecule has 0 spiro atoms. The molecule has 0 radical (unpaired) electrons. The van der Waals surface area contributed by atoms with Gasteiger partial charge in [0.1, 0.15) is 11.5 Å². The number of amides is 2. The van der Waals surface area contributed by atoms with Crippen molar-refractivity contribution in [3.05, 3.63) is 23.7 Å². The summed E-state index contributed by atoms with van der Waals surface area (Å²) in [6.45, 7) is 4.81. The van der Waals surface area contributed by atoms with Crippen molar-refractivity contribution in [3.8, 4) is 0 Å². The monoisotopic (exact) mass is 348 g/mol. The summed E-state index contributed by atoms with van der Waals surface area (Å²) < 4.78 is 5.60. The molecule has 1 aliphatic carbocycles. The molecular formula is C20H32N2O3. The van der Waals surface area contributed by atoms with Crippen LogP contribution in [0.25, 0.3) is 0 Å². The Labute approximate surface area is 150 Å². The van der Waals surface area contributed by atoms with E-state index in [1.807, 2.05) is 30.9 Å². The highest BCUT2D eigenvalue weighted by molar-refractivity contribution is 5.75. The van der Waals surface area contributed by atoms with Crippen molar-refractivity contribution < 1.29 is 14.3 Å². The van der Waals surface area contributed by atoms with Crippen LogP contribution in [-0.4, -0.2) is 40.8 Å². The molecule has 0 aromatic carbocycles. The van der Waals surface area contributed by atoms with E-state index in [9.17, 15) is 9.90 Å². The summed E-state index contributed by atoms with van der Waals surface area (Å²) in [6.07, 6.45) is 7.73. The summed E-state index contributed by atoms with van der Waals surface area (Å²) in [6, 6.07) is 4.32. The van der Waals surface area contributed by atoms with Crippen LogP contribution in [0.2, 0.25) is 0 Å². The number of rotatable bonds is 5. The zero-order valence-corrected chi connectivity index (χ0v) is 15.5. The summed E-state index contributed by atoms with van der Waals surface area (Å²) in [5.41, 5.74) is 0. The molecule has 1 aromatic heterocycles. The molecule has 140 valence electrons. The van der Waals surface area contributed by atoms with Gasteiger partial charge in [-0.25, -0.2) is 4.79 Å². The third kappa shape index (κ3) is 4.57. The highest BCUT2D eigenvalue weighted by Crippen LogP contribution is 2.34. The van der Waals surface area contributed by atoms with Crippen molar-refractivity contribution in [1.29, 1.82) is 0 Å². The third-order valence-corrected chi connectivity index (χ3v) is 5.83. The van der Waals surface area contributed by atoms with Crippen LogP contribution in [0.4, 0.5) is 4.79 Å². The van der Waals surface area contributed by atoms with E-state index >= 15 is 0 Å². The lowest BCUT2D eigenvalue weighted by Gasteiger charge is -2.37. The van der Waals surface area contributed by atoms with Crippen molar-refractivity contribution in [2.45, 2.75) is 83.4 Å². The Balaban J connectivity index is 1.50. The van der Waals surface area contributed by atoms with Gasteiger partial charge in [0, 0.05) is 31.0 Å². The average Bonchev–Trinajstić information content (AvgIpc) is 3.22. The van der Waals surface area contributed by atoms with Gasteiger partial charge in [-0.1, -0.05) is 12.8 Å². The zero-order valence-electron chi connectivity index (χ0n) is 15.5. The number of carbonyl (C=O) groups excluding carboxylic acids is 1. The van der Waals surface area contributed by atoms with E-state index in [0.29, 0.717) is 0 Å². The maximum atomic E-state index is 12.7. The second-order valence-corrected chi connectivity index (χ2v) is 7.82. The molecule has 2 aliphatic rings. The maximum absolute atomic E-state index is 12.7. The van der Waals surface area contributed by atoms with Crippen molar-refractivity contribution in [2.75, 3.05) is 6.54 Å². The summed E-state index contributed by atoms with van der Waals surface area (Å²) in [4.78, 5) is 14.7. The molecule has 2 fully saturated rings. The summed E-state index contributed by atoms with van der Waals surface area (Å²) >= 11 is 0. The van der Waals surface area contributed by atoms with Gasteiger partial charge in [0.25, 0.3) is 0 Å². The molecule has 1 saturated heterocycles. The van der Waals surface area contributed by atoms with Gasteiger partial charge in [0.05, 0.1) is 6.10 Å². The van der Waals surface area contributed by atoms with E-state index < -0.39 is 0 Å². The van der Waals surface area contributed by atoms with Crippen LogP contribution in [0.5, 0.6) is 0 Å². The SMILES string of the molecule is Cc1ccc(CC[C@H](C)NC(=O)N2CCC[C@@H]2[C@H]2CCCC[C@@H]2O)o1. The number of aryl methyl sites for hydroxylation is 2. The molecule has 1 saturated carbocycles. The predicted molar refractivity (Wildman–Crippen MR) is 97.5 cm³/mol. The quantitative estimate of drug-likeness (QED) is 0.854. The Morgan fingerprint density at radius 1 is 1.32 bits per heavy atom. The number of furan rings is 1. The maximum Gasteiger partial charge on any atom is 0.317 e. The lowest BCUT2D eigenvalue weighted by molar-refractivity contribution is 0.0304. The summed E-state index contributed by atoms with van der Waals surface area (Å²) in [5, 5.41) is 13.5. The highest BCUT2D eigenvalue weighted by Gasteiger charge is 2.39. The van der Waals surface area contributed by atoms with Crippen LogP contribution in [0.3, 0.4) is 0 Å². The van der Waals surface area contributed by atoms with Crippen molar-refractivity contribution in [2.24, 2.45) is 5.92 Å². The predicted octanol–water partition coefficient (Wildman–Crippen LogP) is 3.63. The highest BCUT2D eigenvalue weighted by atomic mass is 16.3. The second-order valence-electron chi connectivity index (χ2n) is 7.82. The molecular weight excluding hydrogens is 316 g/mol. The topological polar surface area (TPSA) is 65.7 Å². The number of nitrogens with zero attached hydrogens (tertiary/aromatic N) is 1. The van der Waals surface area contributed by atoms with Gasteiger partial charge in [-0.3, -0.25) is 0 Å². The average molecular weight is 348 g/mol. The number of likely N-dealkylation sites (tertiary alicyclic amines) is 1. The van der Waals surface area contributed by atoms with Crippen molar-refractivity contribution in [3.63, 3.8) is 0 Å². The van der Waals surface area contributed by atoms with Gasteiger partial charge < -0.3 is 19.7 Å². The second kappa shape index (κ2) is 8.26. The van der Waals surface area contributed by atoms with E-state index in [1.165, 1.54) is 6.42 Å². The fraction of sp³-hybridized carbons (Fsp3) is 0.750. The molecule has 1 aromatic rings. The number of aliphatic hydroxyl groups excluding tert-OH is 1. The molecule has 3 rings (SSSR count). The normalized spacial score (nSPS) is 28.1. The number of urea groups is 1. The minimum absolute atomic E-state index is 0.0309. The molecule has 1 aliphatic heterocycles. The molecule has 2 N–H and O–H groups in total. The van der Waals surface area contributed by atoms with Gasteiger partial charge >= 0.3 is 6.03 Å². The van der Waals surface area contributed by atoms with E-state index in [-0.39, 0.29) is 30.1 Å². The Bertz CT molecular complexity index is 571. The molecule has 0 unspecified atom stereocenters. The van der Waals surface area contributed by atoms with Crippen LogP contribution >= 0.6 is 0 Å². The van der Waals surface area contributed by atoms with Crippen molar-refractivity contribution >= 4 is 6.03 Å². The van der Waals surface area contributed by atoms with Gasteiger partial charge in [-0.05, 0) is 58.1 Å². The van der Waals surface area contributed by atoms with E-state index in [0.717, 1.165) is 63.0 Å². The summed E-state index contributed by atoms with van der Waals surface area (Å²) in [5.74, 6) is 2.16. The zero-order chi connectivity index (χ0) is 17.8. The summed E-state index contributed by atoms with van der Waals surface area (Å²) in [7, 11) is 0. The first-order valence-electron chi connectivity index (χ1n) is 9.85. The van der Waals surface area contributed by atoms with Gasteiger partial charge in [0.2, 0.25) is 0 Å². The molecule has 25 heavy (non-hydrogen) atoms. The van der Waals surface area contributed by atoms with E-state index in [1.54, 1.807) is 0 Å². The molecule has 4 atom stereocenters. The van der Waals surface area contributed by atoms with Crippen LogP contribution in [0.1, 0.15) is 63.4 Å². The Kier molecular flexibility index (Phi) is 6.05. The third-order valence-electron chi connectivity index (χ3n) is 5.83. The fourth-order valence-corrected chi connectivity index (χ4v) is 4.42. The Morgan fingerprint density at radius 2 is 2.12 bits per heavy atom. The molecule has 2 amide bonds. The van der Waals surface area contributed by atoms with Crippen LogP contribution < -0.4 is 5.32 Å². The van der Waals surface area contributed by atoms with E-state index in [4.69, 9.17) is 4.42 Å². The van der Waals surface area contributed by atoms with Crippen LogP contribution in [-0.2, 0) is 6.42 Å². The smallest absolute Gasteiger partial charge is 0.317 e. The van der Waals surface area contributed by atoms with Crippen LogP contribution in [0, 0.1) is 12.8 Å². The Morgan fingerprint density at radius 3 is 2.84 bits per heavy atom. The fourth-order valence-electron chi connectivity index (χ4n) is 4.42. The lowest BCUT2D eigenvalue weighted by atomic mass is 9.80. The standard InChI is InChI=1S/C20H32N2O3/c1-14(9-11-16-12-10-15(2)25-16)21-20(24)22-13-5-7-18(22)17-6-3-4-8-19(17)23/h10,12,14,17-19,23H,3-9,11,13H2,1-2H3,(H,21,24)/t14-,17+,18+,19-/m0/s1. The first-order valence-corrected chi connectivity index (χ1v) is 9.85. The number of hydrogen-bond donors (Lipinski definition) is 2. The number of nitrogens with one attached hydrogen (secondary N) is 1. The van der Waals surface area contributed by atoms with Gasteiger partial charge in [-0.15, -0.1) is 0 Å². The first-order chi connectivity index (χ1) is 12.0. The van der Waals surface area contributed by atoms with Gasteiger partial charge in [0.15, 0.2) is 0 Å². The lowest BCUT2D eigenvalue weighted by Crippen LogP contribution is -2.50. The van der Waals surface area contributed by atoms with Crippen molar-refractivity contribution in [1.82, 2.24) is 10.2 Å². The molecule has 0 bridgehead atoms. The minimum Gasteiger partial charge on any atom is -0.466 e. The molecule has 5 heteroatoms. The van der Waals surface area contributed by atoms with Gasteiger partial charge in [-0.2, -0.15) is 0 Å². The first kappa shape index (κ1) is 18.3. The molecule has 2 heterocycles.